The number of hydrogen-bond donors (Lipinski definition) is 0. The number of anilines is 6. The van der Waals surface area contributed by atoms with Crippen LogP contribution in [0.4, 0.5) is 34.1 Å². The van der Waals surface area contributed by atoms with Crippen LogP contribution in [0, 0.1) is 0 Å². The van der Waals surface area contributed by atoms with Crippen molar-refractivity contribution in [3.8, 4) is 23.0 Å². The van der Waals surface area contributed by atoms with E-state index in [-0.39, 0.29) is 0 Å². The molecule has 0 amide bonds. The van der Waals surface area contributed by atoms with Crippen LogP contribution < -0.4 is 28.7 Å². The van der Waals surface area contributed by atoms with Crippen LogP contribution in [0.1, 0.15) is 0 Å². The maximum absolute atomic E-state index is 6.66. The van der Waals surface area contributed by atoms with Gasteiger partial charge in [0.25, 0.3) is 0 Å². The predicted octanol–water partition coefficient (Wildman–Crippen LogP) is 14.3. The number of benzene rings is 9. The Morgan fingerprint density at radius 3 is 1.10 bits per heavy atom. The van der Waals surface area contributed by atoms with Crippen molar-refractivity contribution in [3.63, 3.8) is 0 Å². The summed E-state index contributed by atoms with van der Waals surface area (Å²) < 4.78 is 36.9. The number of rotatable bonds is 6. The molecule has 4 heterocycles. The molecule has 0 saturated heterocycles. The van der Waals surface area contributed by atoms with Crippen LogP contribution in [0.2, 0.25) is 0 Å². The molecule has 0 bridgehead atoms. The van der Waals surface area contributed by atoms with Gasteiger partial charge in [0.15, 0.2) is 23.0 Å². The lowest BCUT2D eigenvalue weighted by Crippen LogP contribution is -2.16. The quantitative estimate of drug-likeness (QED) is 0.164. The van der Waals surface area contributed by atoms with Gasteiger partial charge < -0.3 is 37.6 Å². The molecule has 0 fully saturated rings. The minimum atomic E-state index is 0.532. The molecule has 9 aromatic carbocycles. The Morgan fingerprint density at radius 1 is 0.274 bits per heavy atom. The number of ether oxygens (including phenoxy) is 4. The second kappa shape index (κ2) is 13.7. The van der Waals surface area contributed by atoms with Crippen molar-refractivity contribution in [2.24, 2.45) is 0 Å². The van der Waals surface area contributed by atoms with E-state index in [4.69, 9.17) is 27.8 Å². The molecule has 2 aliphatic rings. The van der Waals surface area contributed by atoms with Gasteiger partial charge in [0.1, 0.15) is 48.8 Å². The summed E-state index contributed by atoms with van der Waals surface area (Å²) in [5.74, 6) is 3.03. The highest BCUT2D eigenvalue weighted by atomic mass is 16.6. The molecule has 0 spiro atoms. The molecular weight excluding hydrogens is 773 g/mol. The summed E-state index contributed by atoms with van der Waals surface area (Å²) in [6.45, 7) is 2.17. The normalized spacial score (nSPS) is 13.4. The Balaban J connectivity index is 0.888. The van der Waals surface area contributed by atoms with E-state index in [1.54, 1.807) is 0 Å². The van der Waals surface area contributed by atoms with Crippen molar-refractivity contribution in [1.29, 1.82) is 0 Å². The van der Waals surface area contributed by atoms with E-state index >= 15 is 0 Å². The van der Waals surface area contributed by atoms with Gasteiger partial charge >= 0.3 is 0 Å². The summed E-state index contributed by atoms with van der Waals surface area (Å²) in [5, 5.41) is 8.51. The third-order valence-corrected chi connectivity index (χ3v) is 12.1. The summed E-state index contributed by atoms with van der Waals surface area (Å²) >= 11 is 0. The fraction of sp³-hybridized carbons (Fsp3) is 0.0741. The van der Waals surface area contributed by atoms with Crippen LogP contribution in [0.5, 0.6) is 23.0 Å². The SMILES string of the molecule is c1ccc(N(c2ccc3c(c2)OCCO3)c2ccc3cc4c(cc3c2)oc2cc3c(cc24)oc2cc4cc(N(c5ccccc5)c5ccc6c(c5)OCCO6)ccc4cc23)cc1. The smallest absolute Gasteiger partial charge is 0.163 e. The topological polar surface area (TPSA) is 69.7 Å². The molecule has 0 radical (unpaired) electrons. The average Bonchev–Trinajstić information content (AvgIpc) is 3.85. The second-order valence-corrected chi connectivity index (χ2v) is 15.8. The zero-order chi connectivity index (χ0) is 40.7. The number of furan rings is 2. The third-order valence-electron chi connectivity index (χ3n) is 12.1. The van der Waals surface area contributed by atoms with Crippen molar-refractivity contribution >= 4 is 99.5 Å². The van der Waals surface area contributed by atoms with Crippen molar-refractivity contribution < 1.29 is 27.8 Å². The summed E-state index contributed by atoms with van der Waals surface area (Å²) in [6, 6.07) is 59.1. The van der Waals surface area contributed by atoms with Gasteiger partial charge in [-0.3, -0.25) is 0 Å². The van der Waals surface area contributed by atoms with E-state index in [0.29, 0.717) is 26.4 Å². The van der Waals surface area contributed by atoms with Crippen molar-refractivity contribution in [2.75, 3.05) is 36.2 Å². The highest BCUT2D eigenvalue weighted by Crippen LogP contribution is 2.45. The predicted molar refractivity (Wildman–Crippen MR) is 247 cm³/mol. The lowest BCUT2D eigenvalue weighted by molar-refractivity contribution is 0.171. The molecule has 0 unspecified atom stereocenters. The van der Waals surface area contributed by atoms with Gasteiger partial charge in [0.05, 0.1) is 11.4 Å². The molecule has 298 valence electrons. The second-order valence-electron chi connectivity index (χ2n) is 15.8. The number of para-hydroxylation sites is 2. The van der Waals surface area contributed by atoms with Gasteiger partial charge in [-0.05, 0) is 131 Å². The number of nitrogens with zero attached hydrogens (tertiary/aromatic N) is 2. The van der Waals surface area contributed by atoms with E-state index in [0.717, 1.165) is 123 Å². The van der Waals surface area contributed by atoms with E-state index in [9.17, 15) is 0 Å². The fourth-order valence-corrected chi connectivity index (χ4v) is 9.17. The highest BCUT2D eigenvalue weighted by molar-refractivity contribution is 6.18. The summed E-state index contributed by atoms with van der Waals surface area (Å²) in [7, 11) is 0. The van der Waals surface area contributed by atoms with Crippen molar-refractivity contribution in [2.45, 2.75) is 0 Å². The molecular formula is C54H36N2O6. The third kappa shape index (κ3) is 5.68. The van der Waals surface area contributed by atoms with Gasteiger partial charge in [-0.2, -0.15) is 0 Å². The van der Waals surface area contributed by atoms with Gasteiger partial charge in [-0.1, -0.05) is 48.5 Å². The lowest BCUT2D eigenvalue weighted by atomic mass is 10.0. The Morgan fingerprint density at radius 2 is 0.645 bits per heavy atom. The molecule has 2 aliphatic heterocycles. The van der Waals surface area contributed by atoms with E-state index < -0.39 is 0 Å². The highest BCUT2D eigenvalue weighted by Gasteiger charge is 2.21. The zero-order valence-electron chi connectivity index (χ0n) is 33.3. The molecule has 62 heavy (non-hydrogen) atoms. The van der Waals surface area contributed by atoms with E-state index in [1.807, 2.05) is 24.3 Å². The van der Waals surface area contributed by atoms with Crippen molar-refractivity contribution in [1.82, 2.24) is 0 Å². The Kier molecular flexibility index (Phi) is 7.69. The lowest BCUT2D eigenvalue weighted by Gasteiger charge is -2.27. The molecule has 8 nitrogen and oxygen atoms in total. The molecule has 8 heteroatoms. The first-order chi connectivity index (χ1) is 30.7. The maximum atomic E-state index is 6.66. The van der Waals surface area contributed by atoms with Gasteiger partial charge in [0.2, 0.25) is 0 Å². The summed E-state index contributed by atoms with van der Waals surface area (Å²) in [6.07, 6.45) is 0. The first-order valence-electron chi connectivity index (χ1n) is 20.9. The molecule has 2 aromatic heterocycles. The first kappa shape index (κ1) is 34.7. The van der Waals surface area contributed by atoms with Crippen LogP contribution >= 0.6 is 0 Å². The maximum Gasteiger partial charge on any atom is 0.163 e. The van der Waals surface area contributed by atoms with Gasteiger partial charge in [-0.15, -0.1) is 0 Å². The van der Waals surface area contributed by atoms with Crippen LogP contribution in [0.25, 0.3) is 65.4 Å². The Bertz CT molecular complexity index is 3320. The molecule has 0 saturated carbocycles. The molecule has 0 atom stereocenters. The minimum Gasteiger partial charge on any atom is -0.486 e. The molecule has 0 N–H and O–H groups in total. The standard InChI is InChI=1S/C54H36N2O6/c1-3-7-37(8-4-1)55(41-15-17-47-53(29-41)59-21-19-57-47)39-13-11-33-25-43-45-31-52-46(32-51(45)61-49(43)27-35(33)23-39)44-26-34-12-14-40(24-36(34)28-50(44)62-52)56(38-9-5-2-6-10-38)42-16-18-48-54(30-42)60-22-20-58-48/h1-18,23-32H,19-22H2. The zero-order valence-corrected chi connectivity index (χ0v) is 33.3. The summed E-state index contributed by atoms with van der Waals surface area (Å²) in [5.41, 5.74) is 9.39. The van der Waals surface area contributed by atoms with Gasteiger partial charge in [0, 0.05) is 56.4 Å². The fourth-order valence-electron chi connectivity index (χ4n) is 9.17. The molecule has 11 aromatic rings. The Labute approximate surface area is 355 Å². The van der Waals surface area contributed by atoms with Crippen LogP contribution in [-0.4, -0.2) is 26.4 Å². The number of fused-ring (bicyclic) bond motifs is 10. The molecule has 13 rings (SSSR count). The Hall–Kier alpha value is -8.10. The van der Waals surface area contributed by atoms with Crippen LogP contribution in [0.3, 0.4) is 0 Å². The van der Waals surface area contributed by atoms with Gasteiger partial charge in [-0.25, -0.2) is 0 Å². The van der Waals surface area contributed by atoms with Crippen molar-refractivity contribution in [3.05, 3.63) is 170 Å². The average molecular weight is 809 g/mol. The minimum absolute atomic E-state index is 0.532. The largest absolute Gasteiger partial charge is 0.486 e. The van der Waals surface area contributed by atoms with Crippen LogP contribution in [0.15, 0.2) is 179 Å². The first-order valence-corrected chi connectivity index (χ1v) is 20.9. The van der Waals surface area contributed by atoms with E-state index in [1.165, 1.54) is 0 Å². The number of hydrogen-bond acceptors (Lipinski definition) is 8. The van der Waals surface area contributed by atoms with E-state index in [2.05, 4.69) is 155 Å². The monoisotopic (exact) mass is 808 g/mol. The summed E-state index contributed by atoms with van der Waals surface area (Å²) in [4.78, 5) is 4.48. The van der Waals surface area contributed by atoms with Crippen LogP contribution in [-0.2, 0) is 0 Å². The molecule has 0 aliphatic carbocycles.